The lowest BCUT2D eigenvalue weighted by atomic mass is 9.96. The Hall–Kier alpha value is -3.57. The first-order valence-corrected chi connectivity index (χ1v) is 10.9. The Kier molecular flexibility index (Phi) is 6.25. The van der Waals surface area contributed by atoms with Crippen LogP contribution in [0, 0.1) is 11.8 Å². The first kappa shape index (κ1) is 22.6. The molecular formula is C25H27N3O5. The van der Waals surface area contributed by atoms with Crippen LogP contribution >= 0.6 is 0 Å². The molecule has 8 nitrogen and oxygen atoms in total. The van der Waals surface area contributed by atoms with E-state index < -0.39 is 17.6 Å². The molecule has 0 spiro atoms. The molecule has 0 saturated heterocycles. The van der Waals surface area contributed by atoms with E-state index in [-0.39, 0.29) is 24.3 Å². The number of benzene rings is 1. The van der Waals surface area contributed by atoms with Crippen LogP contribution in [0.1, 0.15) is 49.2 Å². The molecule has 0 bridgehead atoms. The van der Waals surface area contributed by atoms with E-state index >= 15 is 0 Å². The average Bonchev–Trinajstić information content (AvgIpc) is 2.86. The highest BCUT2D eigenvalue weighted by molar-refractivity contribution is 6.03. The molecule has 1 aliphatic carbocycles. The van der Waals surface area contributed by atoms with Crippen LogP contribution in [0.15, 0.2) is 36.5 Å². The molecule has 1 aliphatic heterocycles. The number of rotatable bonds is 4. The highest BCUT2D eigenvalue weighted by atomic mass is 16.5. The van der Waals surface area contributed by atoms with Gasteiger partial charge in [0.2, 0.25) is 0 Å². The van der Waals surface area contributed by atoms with Gasteiger partial charge >= 0.3 is 0 Å². The SMILES string of the molecule is CN1C(=O)[C@@H](NC(=O)c2cc(OC3CCC3)ccn2)COc2ccc(C#CC(C)(C)O)cc21. The number of anilines is 1. The zero-order valence-electron chi connectivity index (χ0n) is 18.9. The summed E-state index contributed by atoms with van der Waals surface area (Å²) >= 11 is 0. The third-order valence-corrected chi connectivity index (χ3v) is 5.49. The van der Waals surface area contributed by atoms with Crippen molar-refractivity contribution in [1.29, 1.82) is 0 Å². The van der Waals surface area contributed by atoms with E-state index in [1.165, 1.54) is 11.1 Å². The Morgan fingerprint density at radius 2 is 2.09 bits per heavy atom. The van der Waals surface area contributed by atoms with Gasteiger partial charge in [-0.1, -0.05) is 11.8 Å². The number of fused-ring (bicyclic) bond motifs is 1. The predicted octanol–water partition coefficient (Wildman–Crippen LogP) is 2.29. The van der Waals surface area contributed by atoms with Crippen LogP contribution in [0.25, 0.3) is 0 Å². The number of likely N-dealkylation sites (N-methyl/N-ethyl adjacent to an activating group) is 1. The molecule has 2 heterocycles. The number of nitrogens with zero attached hydrogens (tertiary/aromatic N) is 2. The van der Waals surface area contributed by atoms with E-state index in [2.05, 4.69) is 22.1 Å². The van der Waals surface area contributed by atoms with Gasteiger partial charge in [-0.25, -0.2) is 0 Å². The van der Waals surface area contributed by atoms with E-state index in [9.17, 15) is 14.7 Å². The van der Waals surface area contributed by atoms with E-state index in [4.69, 9.17) is 9.47 Å². The normalized spacial score (nSPS) is 18.1. The van der Waals surface area contributed by atoms with Crippen LogP contribution < -0.4 is 19.7 Å². The lowest BCUT2D eigenvalue weighted by Gasteiger charge is -2.26. The maximum Gasteiger partial charge on any atom is 0.270 e. The summed E-state index contributed by atoms with van der Waals surface area (Å²) < 4.78 is 11.7. The van der Waals surface area contributed by atoms with Gasteiger partial charge in [-0.15, -0.1) is 0 Å². The van der Waals surface area contributed by atoms with Gasteiger partial charge in [-0.2, -0.15) is 0 Å². The summed E-state index contributed by atoms with van der Waals surface area (Å²) in [6.45, 7) is 3.17. The number of carbonyl (C=O) groups excluding carboxylic acids is 2. The average molecular weight is 450 g/mol. The number of aromatic nitrogens is 1. The molecule has 172 valence electrons. The molecule has 1 atom stereocenters. The quantitative estimate of drug-likeness (QED) is 0.695. The molecule has 2 N–H and O–H groups in total. The maximum absolute atomic E-state index is 13.1. The minimum absolute atomic E-state index is 0.0190. The molecule has 1 aromatic carbocycles. The second-order valence-electron chi connectivity index (χ2n) is 8.77. The highest BCUT2D eigenvalue weighted by Crippen LogP contribution is 2.31. The summed E-state index contributed by atoms with van der Waals surface area (Å²) in [6, 6.07) is 7.62. The zero-order valence-corrected chi connectivity index (χ0v) is 18.9. The lowest BCUT2D eigenvalue weighted by Crippen LogP contribution is -2.49. The fraction of sp³-hybridized carbons (Fsp3) is 0.400. The number of pyridine rings is 1. The highest BCUT2D eigenvalue weighted by Gasteiger charge is 2.31. The van der Waals surface area contributed by atoms with E-state index in [0.717, 1.165) is 19.3 Å². The topological polar surface area (TPSA) is 101 Å². The van der Waals surface area contributed by atoms with E-state index in [1.54, 1.807) is 51.2 Å². The number of aliphatic hydroxyl groups is 1. The molecule has 33 heavy (non-hydrogen) atoms. The summed E-state index contributed by atoms with van der Waals surface area (Å²) in [5.41, 5.74) is 0.213. The molecule has 4 rings (SSSR count). The Bertz CT molecular complexity index is 1120. The van der Waals surface area contributed by atoms with Crippen molar-refractivity contribution in [2.45, 2.75) is 50.9 Å². The van der Waals surface area contributed by atoms with Crippen LogP contribution in [0.3, 0.4) is 0 Å². The third kappa shape index (κ3) is 5.44. The van der Waals surface area contributed by atoms with Crippen LogP contribution in [-0.4, -0.2) is 53.3 Å². The molecule has 2 aromatic rings. The minimum atomic E-state index is -1.13. The standard InChI is InChI=1S/C25H27N3O5/c1-25(2,31)11-9-16-7-8-22-21(13-16)28(3)24(30)20(15-32-22)27-23(29)19-14-18(10-12-26-19)33-17-5-4-6-17/h7-8,10,12-14,17,20,31H,4-6,15H2,1-3H3,(H,27,29)/t20-/m0/s1. The van der Waals surface area contributed by atoms with Gasteiger partial charge in [0.1, 0.15) is 35.4 Å². The monoisotopic (exact) mass is 449 g/mol. The van der Waals surface area contributed by atoms with Crippen molar-refractivity contribution in [3.8, 4) is 23.3 Å². The lowest BCUT2D eigenvalue weighted by molar-refractivity contribution is -0.120. The van der Waals surface area contributed by atoms with Crippen molar-refractivity contribution in [2.75, 3.05) is 18.6 Å². The Morgan fingerprint density at radius 1 is 1.30 bits per heavy atom. The van der Waals surface area contributed by atoms with E-state index in [1.807, 2.05) is 0 Å². The van der Waals surface area contributed by atoms with Crippen molar-refractivity contribution < 1.29 is 24.2 Å². The number of amides is 2. The molecule has 2 aliphatic rings. The molecule has 0 unspecified atom stereocenters. The molecule has 2 amide bonds. The smallest absolute Gasteiger partial charge is 0.270 e. The van der Waals surface area contributed by atoms with Gasteiger partial charge in [0.05, 0.1) is 11.8 Å². The summed E-state index contributed by atoms with van der Waals surface area (Å²) in [5.74, 6) is 5.94. The van der Waals surface area contributed by atoms with E-state index in [0.29, 0.717) is 22.7 Å². The first-order valence-electron chi connectivity index (χ1n) is 10.9. The van der Waals surface area contributed by atoms with Crippen molar-refractivity contribution in [3.05, 3.63) is 47.8 Å². The summed E-state index contributed by atoms with van der Waals surface area (Å²) in [5, 5.41) is 12.6. The summed E-state index contributed by atoms with van der Waals surface area (Å²) in [6.07, 6.45) is 4.87. The number of hydrogen-bond donors (Lipinski definition) is 2. The largest absolute Gasteiger partial charge is 0.490 e. The molecule has 8 heteroatoms. The predicted molar refractivity (Wildman–Crippen MR) is 122 cm³/mol. The number of nitrogens with one attached hydrogen (secondary N) is 1. The maximum atomic E-state index is 13.1. The van der Waals surface area contributed by atoms with Gasteiger partial charge in [-0.05, 0) is 57.4 Å². The molecule has 0 radical (unpaired) electrons. The van der Waals surface area contributed by atoms with Gasteiger partial charge in [0, 0.05) is 24.9 Å². The van der Waals surface area contributed by atoms with Gasteiger partial charge in [0.25, 0.3) is 11.8 Å². The Morgan fingerprint density at radius 3 is 2.79 bits per heavy atom. The molecular weight excluding hydrogens is 422 g/mol. The minimum Gasteiger partial charge on any atom is -0.490 e. The van der Waals surface area contributed by atoms with Crippen molar-refractivity contribution in [2.24, 2.45) is 0 Å². The van der Waals surface area contributed by atoms with Crippen molar-refractivity contribution >= 4 is 17.5 Å². The van der Waals surface area contributed by atoms with Crippen LogP contribution in [0.2, 0.25) is 0 Å². The van der Waals surface area contributed by atoms with Crippen molar-refractivity contribution in [3.63, 3.8) is 0 Å². The zero-order chi connectivity index (χ0) is 23.6. The molecule has 1 aromatic heterocycles. The van der Waals surface area contributed by atoms with Crippen LogP contribution in [-0.2, 0) is 4.79 Å². The van der Waals surface area contributed by atoms with Gasteiger partial charge in [0.15, 0.2) is 0 Å². The second kappa shape index (κ2) is 9.12. The fourth-order valence-electron chi connectivity index (χ4n) is 3.43. The first-order chi connectivity index (χ1) is 15.7. The second-order valence-corrected chi connectivity index (χ2v) is 8.77. The summed E-state index contributed by atoms with van der Waals surface area (Å²) in [7, 11) is 1.62. The third-order valence-electron chi connectivity index (χ3n) is 5.49. The molecule has 1 saturated carbocycles. The van der Waals surface area contributed by atoms with Gasteiger partial charge in [-0.3, -0.25) is 14.6 Å². The Labute approximate surface area is 192 Å². The number of hydrogen-bond acceptors (Lipinski definition) is 6. The van der Waals surface area contributed by atoms with Gasteiger partial charge < -0.3 is 24.8 Å². The summed E-state index contributed by atoms with van der Waals surface area (Å²) in [4.78, 5) is 31.4. The van der Waals surface area contributed by atoms with Crippen LogP contribution in [0.4, 0.5) is 5.69 Å². The molecule has 1 fully saturated rings. The Balaban J connectivity index is 1.47. The fourth-order valence-corrected chi connectivity index (χ4v) is 3.43. The number of ether oxygens (including phenoxy) is 2. The van der Waals surface area contributed by atoms with Crippen molar-refractivity contribution in [1.82, 2.24) is 10.3 Å². The number of carbonyl (C=O) groups is 2. The van der Waals surface area contributed by atoms with Crippen LogP contribution in [0.5, 0.6) is 11.5 Å².